The minimum Gasteiger partial charge on any atom is -0.492 e. The number of allylic oxidation sites excluding steroid dienone is 1. The number of hydrogen-bond acceptors (Lipinski definition) is 3. The van der Waals surface area contributed by atoms with Crippen LogP contribution in [0.3, 0.4) is 0 Å². The third-order valence-electron chi connectivity index (χ3n) is 2.16. The number of halogens is 1. The number of carbonyl (C=O) groups is 1. The highest BCUT2D eigenvalue weighted by molar-refractivity contribution is 6.34. The van der Waals surface area contributed by atoms with E-state index in [2.05, 4.69) is 0 Å². The lowest BCUT2D eigenvalue weighted by Crippen LogP contribution is -2.07. The third-order valence-corrected chi connectivity index (χ3v) is 2.47. The molecule has 1 aromatic carbocycles. The second kappa shape index (κ2) is 5.59. The topological polar surface area (TPSA) is 72.6 Å². The van der Waals surface area contributed by atoms with E-state index < -0.39 is 5.97 Å². The molecule has 0 aliphatic carbocycles. The molecule has 0 aliphatic rings. The van der Waals surface area contributed by atoms with Crippen LogP contribution in [-0.4, -0.2) is 17.7 Å². The molecule has 0 heterocycles. The first-order valence-electron chi connectivity index (χ1n) is 5.13. The lowest BCUT2D eigenvalue weighted by molar-refractivity contribution is 0.0692. The maximum absolute atomic E-state index is 11.1. The Labute approximate surface area is 105 Å². The number of aromatic carboxylic acids is 1. The van der Waals surface area contributed by atoms with Crippen LogP contribution in [0.15, 0.2) is 12.1 Å². The van der Waals surface area contributed by atoms with Crippen LogP contribution in [0.25, 0.3) is 6.08 Å². The molecule has 0 fully saturated rings. The van der Waals surface area contributed by atoms with E-state index in [1.807, 2.05) is 0 Å². The molecule has 17 heavy (non-hydrogen) atoms. The van der Waals surface area contributed by atoms with Crippen molar-refractivity contribution in [3.05, 3.63) is 28.3 Å². The van der Waals surface area contributed by atoms with E-state index in [9.17, 15) is 4.79 Å². The van der Waals surface area contributed by atoms with Crippen molar-refractivity contribution in [3.8, 4) is 5.75 Å². The van der Waals surface area contributed by atoms with Gasteiger partial charge < -0.3 is 15.6 Å². The van der Waals surface area contributed by atoms with Crippen molar-refractivity contribution in [2.45, 2.75) is 13.8 Å². The van der Waals surface area contributed by atoms with Crippen LogP contribution in [-0.2, 0) is 0 Å². The van der Waals surface area contributed by atoms with Crippen LogP contribution in [0.4, 0.5) is 5.69 Å². The molecule has 0 saturated heterocycles. The molecule has 5 heteroatoms. The van der Waals surface area contributed by atoms with Gasteiger partial charge in [-0.05, 0) is 19.9 Å². The monoisotopic (exact) mass is 255 g/mol. The van der Waals surface area contributed by atoms with E-state index in [4.69, 9.17) is 27.2 Å². The first-order valence-corrected chi connectivity index (χ1v) is 5.51. The zero-order chi connectivity index (χ0) is 13.0. The number of nitrogens with two attached hydrogens (primary N) is 1. The summed E-state index contributed by atoms with van der Waals surface area (Å²) < 4.78 is 5.35. The summed E-state index contributed by atoms with van der Waals surface area (Å²) in [6.07, 6.45) is 3.43. The minimum atomic E-state index is -1.10. The van der Waals surface area contributed by atoms with Crippen LogP contribution in [0.2, 0.25) is 5.02 Å². The lowest BCUT2D eigenvalue weighted by atomic mass is 10.1. The van der Waals surface area contributed by atoms with Crippen molar-refractivity contribution in [3.63, 3.8) is 0 Å². The molecule has 3 N–H and O–H groups in total. The Kier molecular flexibility index (Phi) is 4.40. The number of hydrogen-bond donors (Lipinski definition) is 2. The standard InChI is InChI=1S/C12H14ClNO3/c1-3-5-7-10(14)9(13)6-8(12(15)16)11(7)17-4-2/h3,5-6H,4,14H2,1-2H3,(H,15,16)/b5-3-. The molecule has 1 aromatic rings. The number of nitrogen functional groups attached to an aromatic ring is 1. The second-order valence-corrected chi connectivity index (χ2v) is 3.71. The Balaban J connectivity index is 3.57. The van der Waals surface area contributed by atoms with Crippen LogP contribution in [0, 0.1) is 0 Å². The molecule has 0 bridgehead atoms. The first kappa shape index (κ1) is 13.4. The highest BCUT2D eigenvalue weighted by Gasteiger charge is 2.19. The van der Waals surface area contributed by atoms with Crippen LogP contribution < -0.4 is 10.5 Å². The molecular formula is C12H14ClNO3. The number of anilines is 1. The number of ether oxygens (including phenoxy) is 1. The number of carboxylic acids is 1. The fourth-order valence-corrected chi connectivity index (χ4v) is 1.67. The van der Waals surface area contributed by atoms with E-state index in [-0.39, 0.29) is 16.3 Å². The van der Waals surface area contributed by atoms with Gasteiger partial charge in [0.25, 0.3) is 0 Å². The second-order valence-electron chi connectivity index (χ2n) is 3.30. The summed E-state index contributed by atoms with van der Waals surface area (Å²) in [5.41, 5.74) is 6.64. The van der Waals surface area contributed by atoms with Gasteiger partial charge in [0.15, 0.2) is 0 Å². The van der Waals surface area contributed by atoms with Gasteiger partial charge in [-0.15, -0.1) is 0 Å². The SMILES string of the molecule is C/C=C\c1c(N)c(Cl)cc(C(=O)O)c1OCC. The number of benzene rings is 1. The minimum absolute atomic E-state index is 0.0131. The van der Waals surface area contributed by atoms with E-state index in [1.54, 1.807) is 26.0 Å². The van der Waals surface area contributed by atoms with E-state index in [0.717, 1.165) is 0 Å². The average molecular weight is 256 g/mol. The number of rotatable bonds is 4. The molecule has 0 aromatic heterocycles. The van der Waals surface area contributed by atoms with Gasteiger partial charge in [0.1, 0.15) is 11.3 Å². The molecule has 92 valence electrons. The Morgan fingerprint density at radius 2 is 2.29 bits per heavy atom. The summed E-state index contributed by atoms with van der Waals surface area (Å²) in [4.78, 5) is 11.1. The highest BCUT2D eigenvalue weighted by Crippen LogP contribution is 2.36. The average Bonchev–Trinajstić information content (AvgIpc) is 2.28. The Bertz CT molecular complexity index is 469. The van der Waals surface area contributed by atoms with Gasteiger partial charge in [-0.2, -0.15) is 0 Å². The van der Waals surface area contributed by atoms with E-state index in [1.165, 1.54) is 6.07 Å². The largest absolute Gasteiger partial charge is 0.492 e. The van der Waals surface area contributed by atoms with Crippen molar-refractivity contribution in [1.29, 1.82) is 0 Å². The molecule has 0 aliphatic heterocycles. The molecule has 4 nitrogen and oxygen atoms in total. The fourth-order valence-electron chi connectivity index (χ4n) is 1.46. The van der Waals surface area contributed by atoms with E-state index in [0.29, 0.717) is 17.9 Å². The van der Waals surface area contributed by atoms with E-state index >= 15 is 0 Å². The quantitative estimate of drug-likeness (QED) is 0.811. The number of carboxylic acid groups (broad SMARTS) is 1. The van der Waals surface area contributed by atoms with Crippen molar-refractivity contribution in [2.75, 3.05) is 12.3 Å². The predicted octanol–water partition coefficient (Wildman–Crippen LogP) is 3.05. The van der Waals surface area contributed by atoms with Crippen molar-refractivity contribution >= 4 is 29.3 Å². The smallest absolute Gasteiger partial charge is 0.339 e. The third kappa shape index (κ3) is 2.71. The summed E-state index contributed by atoms with van der Waals surface area (Å²) in [5.74, 6) is -0.846. The van der Waals surface area contributed by atoms with Gasteiger partial charge in [0.05, 0.1) is 17.3 Å². The summed E-state index contributed by atoms with van der Waals surface area (Å²) >= 11 is 5.89. The molecule has 1 rings (SSSR count). The zero-order valence-corrected chi connectivity index (χ0v) is 10.4. The highest BCUT2D eigenvalue weighted by atomic mass is 35.5. The Morgan fingerprint density at radius 3 is 2.76 bits per heavy atom. The molecular weight excluding hydrogens is 242 g/mol. The Morgan fingerprint density at radius 1 is 1.65 bits per heavy atom. The maximum atomic E-state index is 11.1. The summed E-state index contributed by atoms with van der Waals surface area (Å²) in [5, 5.41) is 9.30. The fraction of sp³-hybridized carbons (Fsp3) is 0.250. The Hall–Kier alpha value is -1.68. The van der Waals surface area contributed by atoms with Gasteiger partial charge in [0, 0.05) is 5.56 Å². The summed E-state index contributed by atoms with van der Waals surface area (Å²) in [6, 6.07) is 1.30. The van der Waals surface area contributed by atoms with Gasteiger partial charge >= 0.3 is 5.97 Å². The molecule has 0 radical (unpaired) electrons. The zero-order valence-electron chi connectivity index (χ0n) is 9.66. The maximum Gasteiger partial charge on any atom is 0.339 e. The van der Waals surface area contributed by atoms with Crippen LogP contribution in [0.1, 0.15) is 29.8 Å². The predicted molar refractivity (Wildman–Crippen MR) is 68.7 cm³/mol. The molecule has 0 spiro atoms. The van der Waals surface area contributed by atoms with Crippen LogP contribution in [0.5, 0.6) is 5.75 Å². The summed E-state index contributed by atoms with van der Waals surface area (Å²) in [6.45, 7) is 3.93. The molecule has 0 atom stereocenters. The van der Waals surface area contributed by atoms with Crippen molar-refractivity contribution in [2.24, 2.45) is 0 Å². The van der Waals surface area contributed by atoms with Crippen molar-refractivity contribution < 1.29 is 14.6 Å². The molecule has 0 unspecified atom stereocenters. The van der Waals surface area contributed by atoms with Gasteiger partial charge in [-0.25, -0.2) is 4.79 Å². The first-order chi connectivity index (χ1) is 8.02. The van der Waals surface area contributed by atoms with Crippen molar-refractivity contribution in [1.82, 2.24) is 0 Å². The lowest BCUT2D eigenvalue weighted by Gasteiger charge is -2.14. The normalized spacial score (nSPS) is 10.8. The van der Waals surface area contributed by atoms with Crippen LogP contribution >= 0.6 is 11.6 Å². The van der Waals surface area contributed by atoms with Gasteiger partial charge in [-0.3, -0.25) is 0 Å². The van der Waals surface area contributed by atoms with Gasteiger partial charge in [0.2, 0.25) is 0 Å². The summed E-state index contributed by atoms with van der Waals surface area (Å²) in [7, 11) is 0. The van der Waals surface area contributed by atoms with Gasteiger partial charge in [-0.1, -0.05) is 23.8 Å². The molecule has 0 saturated carbocycles. The molecule has 0 amide bonds.